The van der Waals surface area contributed by atoms with Gasteiger partial charge in [-0.25, -0.2) is 0 Å². The minimum absolute atomic E-state index is 0.00330. The van der Waals surface area contributed by atoms with Crippen molar-refractivity contribution in [2.45, 2.75) is 13.1 Å². The van der Waals surface area contributed by atoms with E-state index in [-0.39, 0.29) is 36.7 Å². The fraction of sp³-hybridized carbons (Fsp3) is 0.278. The van der Waals surface area contributed by atoms with Crippen LogP contribution in [-0.4, -0.2) is 35.5 Å². The van der Waals surface area contributed by atoms with Gasteiger partial charge in [0.1, 0.15) is 0 Å². The number of carbonyl (C=O) groups is 1. The quantitative estimate of drug-likeness (QED) is 0.343. The molecule has 0 radical (unpaired) electrons. The average Bonchev–Trinajstić information content (AvgIpc) is 2.70. The maximum Gasteiger partial charge on any atom is 0.418 e. The fourth-order valence-electron chi connectivity index (χ4n) is 2.59. The van der Waals surface area contributed by atoms with Crippen molar-refractivity contribution in [1.82, 2.24) is 5.32 Å². The molecule has 0 fully saturated rings. The van der Waals surface area contributed by atoms with Crippen LogP contribution in [0.3, 0.4) is 0 Å². The van der Waals surface area contributed by atoms with Crippen molar-refractivity contribution in [2.24, 2.45) is 0 Å². The van der Waals surface area contributed by atoms with Gasteiger partial charge in [0.05, 0.1) is 22.0 Å². The Morgan fingerprint density at radius 3 is 2.35 bits per heavy atom. The van der Waals surface area contributed by atoms with Crippen LogP contribution < -0.4 is 15.4 Å². The number of ether oxygens (including phenoxy) is 1. The molecule has 0 aliphatic rings. The number of hydrogen-bond acceptors (Lipinski definition) is 7. The molecule has 0 saturated carbocycles. The zero-order valence-corrected chi connectivity index (χ0v) is 16.1. The number of non-ortho nitro benzene ring substituents is 1. The Kier molecular flexibility index (Phi) is 7.34. The largest absolute Gasteiger partial charge is 0.487 e. The zero-order chi connectivity index (χ0) is 23.2. The zero-order valence-electron chi connectivity index (χ0n) is 16.1. The third-order valence-electron chi connectivity index (χ3n) is 3.96. The van der Waals surface area contributed by atoms with Gasteiger partial charge in [-0.15, -0.1) is 0 Å². The lowest BCUT2D eigenvalue weighted by molar-refractivity contribution is -0.385. The predicted octanol–water partition coefficient (Wildman–Crippen LogP) is 3.76. The maximum atomic E-state index is 13.1. The molecule has 13 heteroatoms. The number of anilines is 1. The monoisotopic (exact) mass is 442 g/mol. The van der Waals surface area contributed by atoms with E-state index in [1.807, 2.05) is 0 Å². The van der Waals surface area contributed by atoms with Gasteiger partial charge in [0.2, 0.25) is 0 Å². The van der Waals surface area contributed by atoms with Crippen LogP contribution in [0.25, 0.3) is 0 Å². The van der Waals surface area contributed by atoms with Crippen LogP contribution >= 0.6 is 0 Å². The molecule has 1 amide bonds. The summed E-state index contributed by atoms with van der Waals surface area (Å²) in [5, 5.41) is 26.7. The van der Waals surface area contributed by atoms with Gasteiger partial charge in [-0.2, -0.15) is 13.2 Å². The number of nitro groups is 2. The van der Waals surface area contributed by atoms with Crippen molar-refractivity contribution in [3.63, 3.8) is 0 Å². The molecule has 0 bridgehead atoms. The summed E-state index contributed by atoms with van der Waals surface area (Å²) in [7, 11) is 0. The number of halogens is 3. The van der Waals surface area contributed by atoms with E-state index >= 15 is 0 Å². The van der Waals surface area contributed by atoms with Crippen LogP contribution in [-0.2, 0) is 6.18 Å². The first-order valence-electron chi connectivity index (χ1n) is 8.83. The second kappa shape index (κ2) is 9.73. The number of hydrogen-bond donors (Lipinski definition) is 2. The lowest BCUT2D eigenvalue weighted by Gasteiger charge is -2.14. The van der Waals surface area contributed by atoms with Crippen LogP contribution in [0.15, 0.2) is 36.4 Å². The SMILES string of the molecule is CCOc1ccc(C(=O)NCCNc2ccc([N+](=O)[O-])cc2C(F)(F)F)cc1[N+](=O)[O-]. The van der Waals surface area contributed by atoms with Crippen molar-refractivity contribution in [3.8, 4) is 5.75 Å². The minimum atomic E-state index is -4.82. The van der Waals surface area contributed by atoms with Crippen LogP contribution in [0.2, 0.25) is 0 Å². The molecule has 31 heavy (non-hydrogen) atoms. The number of benzene rings is 2. The predicted molar refractivity (Wildman–Crippen MR) is 103 cm³/mol. The summed E-state index contributed by atoms with van der Waals surface area (Å²) in [5.41, 5.74) is -2.72. The van der Waals surface area contributed by atoms with Gasteiger partial charge in [0.15, 0.2) is 5.75 Å². The van der Waals surface area contributed by atoms with Gasteiger partial charge in [0, 0.05) is 42.5 Å². The number of nitrogens with zero attached hydrogens (tertiary/aromatic N) is 2. The van der Waals surface area contributed by atoms with Gasteiger partial charge in [-0.1, -0.05) is 0 Å². The Hall–Kier alpha value is -3.90. The average molecular weight is 442 g/mol. The van der Waals surface area contributed by atoms with E-state index in [9.17, 15) is 38.2 Å². The summed E-state index contributed by atoms with van der Waals surface area (Å²) in [6.45, 7) is 1.59. The summed E-state index contributed by atoms with van der Waals surface area (Å²) in [4.78, 5) is 32.4. The van der Waals surface area contributed by atoms with E-state index in [4.69, 9.17) is 4.74 Å². The van der Waals surface area contributed by atoms with Gasteiger partial charge in [0.25, 0.3) is 11.6 Å². The summed E-state index contributed by atoms with van der Waals surface area (Å²) >= 11 is 0. The molecule has 0 unspecified atom stereocenters. The van der Waals surface area contributed by atoms with Gasteiger partial charge in [-0.3, -0.25) is 25.0 Å². The lowest BCUT2D eigenvalue weighted by Crippen LogP contribution is -2.29. The molecule has 0 atom stereocenters. The first-order chi connectivity index (χ1) is 14.5. The van der Waals surface area contributed by atoms with E-state index in [1.54, 1.807) is 6.92 Å². The summed E-state index contributed by atoms with van der Waals surface area (Å²) in [5.74, 6) is -0.670. The number of amides is 1. The number of nitro benzene ring substituents is 2. The number of alkyl halides is 3. The van der Waals surface area contributed by atoms with Crippen LogP contribution in [0.5, 0.6) is 5.75 Å². The van der Waals surface area contributed by atoms with Crippen LogP contribution in [0, 0.1) is 20.2 Å². The van der Waals surface area contributed by atoms with Crippen LogP contribution in [0.1, 0.15) is 22.8 Å². The summed E-state index contributed by atoms with van der Waals surface area (Å²) < 4.78 is 44.6. The highest BCUT2D eigenvalue weighted by Gasteiger charge is 2.35. The van der Waals surface area contributed by atoms with Crippen molar-refractivity contribution in [3.05, 3.63) is 67.8 Å². The summed E-state index contributed by atoms with van der Waals surface area (Å²) in [6, 6.07) is 5.90. The molecule has 2 aromatic carbocycles. The highest BCUT2D eigenvalue weighted by molar-refractivity contribution is 5.95. The Balaban J connectivity index is 2.03. The third-order valence-corrected chi connectivity index (χ3v) is 3.96. The Morgan fingerprint density at radius 2 is 1.77 bits per heavy atom. The first kappa shape index (κ1) is 23.4. The standard InChI is InChI=1S/C18H17F3N4O6/c1-2-31-16-6-3-11(9-15(16)25(29)30)17(26)23-8-7-22-14-5-4-12(24(27)28)10-13(14)18(19,20)21/h3-6,9-10,22H,2,7-8H2,1H3,(H,23,26). The van der Waals surface area contributed by atoms with E-state index in [1.165, 1.54) is 12.1 Å². The molecule has 0 aromatic heterocycles. The molecule has 0 aliphatic carbocycles. The first-order valence-corrected chi connectivity index (χ1v) is 8.83. The lowest BCUT2D eigenvalue weighted by atomic mass is 10.1. The van der Waals surface area contributed by atoms with Crippen molar-refractivity contribution in [1.29, 1.82) is 0 Å². The topological polar surface area (TPSA) is 137 Å². The molecule has 166 valence electrons. The number of carbonyl (C=O) groups excluding carboxylic acids is 1. The minimum Gasteiger partial charge on any atom is -0.487 e. The van der Waals surface area contributed by atoms with E-state index in [2.05, 4.69) is 10.6 Å². The van der Waals surface area contributed by atoms with Crippen LogP contribution in [0.4, 0.5) is 30.2 Å². The normalized spacial score (nSPS) is 11.0. The Morgan fingerprint density at radius 1 is 1.06 bits per heavy atom. The molecule has 2 N–H and O–H groups in total. The van der Waals surface area contributed by atoms with Crippen molar-refractivity contribution >= 4 is 23.0 Å². The smallest absolute Gasteiger partial charge is 0.418 e. The molecule has 2 rings (SSSR count). The van der Waals surface area contributed by atoms with Gasteiger partial charge >= 0.3 is 11.9 Å². The Bertz CT molecular complexity index is 997. The second-order valence-electron chi connectivity index (χ2n) is 6.04. The van der Waals surface area contributed by atoms with E-state index < -0.39 is 38.9 Å². The molecule has 0 heterocycles. The third kappa shape index (κ3) is 6.04. The Labute approximate surface area is 173 Å². The van der Waals surface area contributed by atoms with E-state index in [0.717, 1.165) is 18.2 Å². The number of nitrogens with one attached hydrogen (secondary N) is 2. The van der Waals surface area contributed by atoms with Crippen molar-refractivity contribution < 1.29 is 32.5 Å². The molecule has 10 nitrogen and oxygen atoms in total. The fourth-order valence-corrected chi connectivity index (χ4v) is 2.59. The molecular formula is C18H17F3N4O6. The molecule has 0 saturated heterocycles. The molecule has 0 spiro atoms. The van der Waals surface area contributed by atoms with Crippen molar-refractivity contribution in [2.75, 3.05) is 25.0 Å². The molecule has 0 aliphatic heterocycles. The highest BCUT2D eigenvalue weighted by atomic mass is 19.4. The second-order valence-corrected chi connectivity index (χ2v) is 6.04. The molecule has 2 aromatic rings. The maximum absolute atomic E-state index is 13.1. The van der Waals surface area contributed by atoms with E-state index in [0.29, 0.717) is 6.07 Å². The highest BCUT2D eigenvalue weighted by Crippen LogP contribution is 2.37. The number of rotatable bonds is 9. The summed E-state index contributed by atoms with van der Waals surface area (Å²) in [6.07, 6.45) is -4.82. The van der Waals surface area contributed by atoms with Gasteiger partial charge in [-0.05, 0) is 25.1 Å². The van der Waals surface area contributed by atoms with Gasteiger partial charge < -0.3 is 15.4 Å². The molecular weight excluding hydrogens is 425 g/mol.